The number of benzene rings is 1. The van der Waals surface area contributed by atoms with Crippen LogP contribution in [0.4, 0.5) is 0 Å². The summed E-state index contributed by atoms with van der Waals surface area (Å²) in [5.74, 6) is 1.85. The molecule has 1 aliphatic carbocycles. The first-order chi connectivity index (χ1) is 12.2. The van der Waals surface area contributed by atoms with E-state index in [-0.39, 0.29) is 0 Å². The first-order valence-corrected chi connectivity index (χ1v) is 9.59. The molecule has 0 heterocycles. The fraction of sp³-hybridized carbons (Fsp3) is 0.650. The average Bonchev–Trinajstić information content (AvgIpc) is 2.61. The standard InChI is InChI=1S/C20H34N4O/c1-4-21-20(23-18-11-6-5-7-12-18)22-16-17-10-8-9-13-19(17)25-15-14-24(2)3/h8-10,13,18H,4-7,11-12,14-16H2,1-3H3,(H2,21,22,23). The smallest absolute Gasteiger partial charge is 0.191 e. The lowest BCUT2D eigenvalue weighted by molar-refractivity contribution is 0.259. The molecule has 5 nitrogen and oxygen atoms in total. The third-order valence-electron chi connectivity index (χ3n) is 4.47. The predicted octanol–water partition coefficient (Wildman–Crippen LogP) is 3.01. The van der Waals surface area contributed by atoms with E-state index in [4.69, 9.17) is 9.73 Å². The zero-order valence-corrected chi connectivity index (χ0v) is 16.1. The second-order valence-electron chi connectivity index (χ2n) is 6.93. The number of para-hydroxylation sites is 1. The molecule has 1 aliphatic rings. The van der Waals surface area contributed by atoms with Crippen LogP contribution < -0.4 is 15.4 Å². The molecule has 1 aromatic carbocycles. The van der Waals surface area contributed by atoms with Crippen molar-refractivity contribution in [2.24, 2.45) is 4.99 Å². The lowest BCUT2D eigenvalue weighted by Gasteiger charge is -2.25. The lowest BCUT2D eigenvalue weighted by atomic mass is 9.96. The first-order valence-electron chi connectivity index (χ1n) is 9.59. The number of hydrogen-bond donors (Lipinski definition) is 2. The molecule has 1 saturated carbocycles. The fourth-order valence-corrected chi connectivity index (χ4v) is 3.04. The van der Waals surface area contributed by atoms with Gasteiger partial charge in [0.2, 0.25) is 0 Å². The van der Waals surface area contributed by atoms with Crippen LogP contribution in [0, 0.1) is 0 Å². The number of aliphatic imine (C=N–C) groups is 1. The Bertz CT molecular complexity index is 524. The number of rotatable bonds is 8. The molecule has 0 aromatic heterocycles. The summed E-state index contributed by atoms with van der Waals surface area (Å²) >= 11 is 0. The molecule has 0 bridgehead atoms. The molecule has 25 heavy (non-hydrogen) atoms. The van der Waals surface area contributed by atoms with Crippen LogP contribution in [0.2, 0.25) is 0 Å². The molecule has 0 spiro atoms. The van der Waals surface area contributed by atoms with E-state index in [0.717, 1.165) is 30.4 Å². The summed E-state index contributed by atoms with van der Waals surface area (Å²) in [7, 11) is 4.11. The maximum absolute atomic E-state index is 5.94. The number of likely N-dealkylation sites (N-methyl/N-ethyl adjacent to an activating group) is 1. The Balaban J connectivity index is 1.96. The molecule has 0 unspecified atom stereocenters. The van der Waals surface area contributed by atoms with Crippen molar-refractivity contribution >= 4 is 5.96 Å². The summed E-state index contributed by atoms with van der Waals surface area (Å²) in [5.41, 5.74) is 1.13. The van der Waals surface area contributed by atoms with E-state index in [1.54, 1.807) is 0 Å². The zero-order chi connectivity index (χ0) is 17.9. The molecular weight excluding hydrogens is 312 g/mol. The molecule has 2 N–H and O–H groups in total. The number of ether oxygens (including phenoxy) is 1. The Morgan fingerprint density at radius 3 is 2.68 bits per heavy atom. The molecule has 0 saturated heterocycles. The highest BCUT2D eigenvalue weighted by Gasteiger charge is 2.14. The van der Waals surface area contributed by atoms with Gasteiger partial charge in [0.05, 0.1) is 6.54 Å². The van der Waals surface area contributed by atoms with Crippen molar-refractivity contribution in [3.8, 4) is 5.75 Å². The summed E-state index contributed by atoms with van der Waals surface area (Å²) in [6, 6.07) is 8.74. The minimum absolute atomic E-state index is 0.554. The Hall–Kier alpha value is -1.75. The van der Waals surface area contributed by atoms with Crippen LogP contribution in [0.1, 0.15) is 44.6 Å². The number of nitrogens with zero attached hydrogens (tertiary/aromatic N) is 2. The Morgan fingerprint density at radius 2 is 1.96 bits per heavy atom. The van der Waals surface area contributed by atoms with Crippen molar-refractivity contribution in [3.63, 3.8) is 0 Å². The maximum Gasteiger partial charge on any atom is 0.191 e. The van der Waals surface area contributed by atoms with Gasteiger partial charge in [-0.25, -0.2) is 4.99 Å². The van der Waals surface area contributed by atoms with E-state index in [2.05, 4.69) is 42.6 Å². The van der Waals surface area contributed by atoms with Gasteiger partial charge in [-0.3, -0.25) is 0 Å². The van der Waals surface area contributed by atoms with Crippen molar-refractivity contribution in [3.05, 3.63) is 29.8 Å². The van der Waals surface area contributed by atoms with Crippen molar-refractivity contribution in [2.75, 3.05) is 33.8 Å². The summed E-state index contributed by atoms with van der Waals surface area (Å²) in [6.45, 7) is 5.20. The molecule has 0 aliphatic heterocycles. The Kier molecular flexibility index (Phi) is 8.60. The van der Waals surface area contributed by atoms with E-state index in [1.807, 2.05) is 18.2 Å². The largest absolute Gasteiger partial charge is 0.492 e. The molecule has 1 aromatic rings. The molecule has 0 radical (unpaired) electrons. The summed E-state index contributed by atoms with van der Waals surface area (Å²) < 4.78 is 5.94. The SMILES string of the molecule is CCNC(=NCc1ccccc1OCCN(C)C)NC1CCCCC1. The van der Waals surface area contributed by atoms with Crippen LogP contribution in [-0.4, -0.2) is 50.7 Å². The van der Waals surface area contributed by atoms with Crippen LogP contribution in [0.15, 0.2) is 29.3 Å². The van der Waals surface area contributed by atoms with Crippen molar-refractivity contribution in [1.82, 2.24) is 15.5 Å². The molecular formula is C20H34N4O. The van der Waals surface area contributed by atoms with Crippen LogP contribution in [0.25, 0.3) is 0 Å². The highest BCUT2D eigenvalue weighted by molar-refractivity contribution is 5.80. The molecule has 140 valence electrons. The van der Waals surface area contributed by atoms with E-state index < -0.39 is 0 Å². The van der Waals surface area contributed by atoms with Gasteiger partial charge in [0.15, 0.2) is 5.96 Å². The van der Waals surface area contributed by atoms with Gasteiger partial charge in [-0.2, -0.15) is 0 Å². The molecule has 5 heteroatoms. The maximum atomic E-state index is 5.94. The van der Waals surface area contributed by atoms with Crippen molar-refractivity contribution in [2.45, 2.75) is 51.6 Å². The number of nitrogens with one attached hydrogen (secondary N) is 2. The summed E-state index contributed by atoms with van der Waals surface area (Å²) in [5, 5.41) is 6.97. The van der Waals surface area contributed by atoms with E-state index in [0.29, 0.717) is 19.2 Å². The number of hydrogen-bond acceptors (Lipinski definition) is 3. The Morgan fingerprint density at radius 1 is 1.20 bits per heavy atom. The highest BCUT2D eigenvalue weighted by Crippen LogP contribution is 2.19. The second kappa shape index (κ2) is 11.0. The quantitative estimate of drug-likeness (QED) is 0.561. The topological polar surface area (TPSA) is 48.9 Å². The Labute approximate surface area is 152 Å². The van der Waals surface area contributed by atoms with E-state index in [1.165, 1.54) is 32.1 Å². The van der Waals surface area contributed by atoms with E-state index >= 15 is 0 Å². The van der Waals surface area contributed by atoms with Gasteiger partial charge < -0.3 is 20.3 Å². The monoisotopic (exact) mass is 346 g/mol. The molecule has 0 amide bonds. The van der Waals surface area contributed by atoms with Gasteiger partial charge in [0, 0.05) is 24.7 Å². The van der Waals surface area contributed by atoms with Crippen LogP contribution in [-0.2, 0) is 6.54 Å². The van der Waals surface area contributed by atoms with Gasteiger partial charge in [-0.1, -0.05) is 37.5 Å². The van der Waals surface area contributed by atoms with Crippen molar-refractivity contribution in [1.29, 1.82) is 0 Å². The van der Waals surface area contributed by atoms with Crippen molar-refractivity contribution < 1.29 is 4.74 Å². The van der Waals surface area contributed by atoms with Crippen LogP contribution in [0.5, 0.6) is 5.75 Å². The summed E-state index contributed by atoms with van der Waals surface area (Å²) in [6.07, 6.45) is 6.49. The molecule has 1 fully saturated rings. The second-order valence-corrected chi connectivity index (χ2v) is 6.93. The highest BCUT2D eigenvalue weighted by atomic mass is 16.5. The number of guanidine groups is 1. The normalized spacial score (nSPS) is 16.1. The third kappa shape index (κ3) is 7.34. The van der Waals surface area contributed by atoms with E-state index in [9.17, 15) is 0 Å². The molecule has 2 rings (SSSR count). The van der Waals surface area contributed by atoms with Crippen LogP contribution >= 0.6 is 0 Å². The van der Waals surface area contributed by atoms with Gasteiger partial charge >= 0.3 is 0 Å². The van der Waals surface area contributed by atoms with Crippen LogP contribution in [0.3, 0.4) is 0 Å². The third-order valence-corrected chi connectivity index (χ3v) is 4.47. The predicted molar refractivity (Wildman–Crippen MR) is 105 cm³/mol. The van der Waals surface area contributed by atoms with Gasteiger partial charge in [0.1, 0.15) is 12.4 Å². The minimum Gasteiger partial charge on any atom is -0.492 e. The lowest BCUT2D eigenvalue weighted by Crippen LogP contribution is -2.44. The fourth-order valence-electron chi connectivity index (χ4n) is 3.04. The van der Waals surface area contributed by atoms with Gasteiger partial charge in [-0.05, 0) is 39.9 Å². The first kappa shape index (κ1) is 19.6. The van der Waals surface area contributed by atoms with Gasteiger partial charge in [0.25, 0.3) is 0 Å². The molecule has 0 atom stereocenters. The minimum atomic E-state index is 0.554. The van der Waals surface area contributed by atoms with Gasteiger partial charge in [-0.15, -0.1) is 0 Å². The average molecular weight is 347 g/mol. The summed E-state index contributed by atoms with van der Waals surface area (Å²) in [4.78, 5) is 6.91. The zero-order valence-electron chi connectivity index (χ0n) is 16.1.